The molecule has 1 aliphatic carbocycles. The SMILES string of the molecule is CCC(=O)N(c1ccc(Cl)c(Cl)c1)[C@@H]1CCC[C@H]1O. The van der Waals surface area contributed by atoms with Crippen molar-refractivity contribution in [1.82, 2.24) is 0 Å². The van der Waals surface area contributed by atoms with E-state index in [-0.39, 0.29) is 11.9 Å². The Morgan fingerprint density at radius 3 is 2.63 bits per heavy atom. The van der Waals surface area contributed by atoms with Gasteiger partial charge in [0.2, 0.25) is 5.91 Å². The lowest BCUT2D eigenvalue weighted by molar-refractivity contribution is -0.119. The highest BCUT2D eigenvalue weighted by Crippen LogP contribution is 2.33. The van der Waals surface area contributed by atoms with Crippen LogP contribution in [-0.4, -0.2) is 23.2 Å². The summed E-state index contributed by atoms with van der Waals surface area (Å²) >= 11 is 11.9. The van der Waals surface area contributed by atoms with Crippen LogP contribution in [0.4, 0.5) is 5.69 Å². The van der Waals surface area contributed by atoms with Gasteiger partial charge in [0.15, 0.2) is 0 Å². The van der Waals surface area contributed by atoms with Crippen LogP contribution < -0.4 is 4.90 Å². The topological polar surface area (TPSA) is 40.5 Å². The number of nitrogens with zero attached hydrogens (tertiary/aromatic N) is 1. The molecule has 1 aromatic carbocycles. The van der Waals surface area contributed by atoms with Gasteiger partial charge in [-0.05, 0) is 37.5 Å². The molecular weight excluding hydrogens is 285 g/mol. The van der Waals surface area contributed by atoms with E-state index in [1.807, 2.05) is 6.92 Å². The van der Waals surface area contributed by atoms with E-state index in [2.05, 4.69) is 0 Å². The molecule has 0 bridgehead atoms. The fourth-order valence-corrected chi connectivity index (χ4v) is 2.84. The molecule has 0 aliphatic heterocycles. The van der Waals surface area contributed by atoms with E-state index in [1.54, 1.807) is 23.1 Å². The van der Waals surface area contributed by atoms with Crippen molar-refractivity contribution in [3.05, 3.63) is 28.2 Å². The van der Waals surface area contributed by atoms with E-state index in [0.717, 1.165) is 19.3 Å². The normalized spacial score (nSPS) is 22.5. The second-order valence-electron chi connectivity index (χ2n) is 4.78. The molecule has 1 amide bonds. The van der Waals surface area contributed by atoms with Gasteiger partial charge in [-0.25, -0.2) is 0 Å². The predicted octanol–water partition coefficient (Wildman–Crippen LogP) is 3.65. The highest BCUT2D eigenvalue weighted by Gasteiger charge is 2.34. The monoisotopic (exact) mass is 301 g/mol. The van der Waals surface area contributed by atoms with E-state index >= 15 is 0 Å². The van der Waals surface area contributed by atoms with E-state index in [4.69, 9.17) is 23.2 Å². The average molecular weight is 302 g/mol. The number of amides is 1. The van der Waals surface area contributed by atoms with Crippen molar-refractivity contribution in [2.24, 2.45) is 0 Å². The Labute approximate surface area is 123 Å². The minimum Gasteiger partial charge on any atom is -0.391 e. The summed E-state index contributed by atoms with van der Waals surface area (Å²) in [5.74, 6) is -0.00987. The molecule has 1 saturated carbocycles. The molecule has 0 heterocycles. The lowest BCUT2D eigenvalue weighted by Crippen LogP contribution is -2.44. The molecule has 0 saturated heterocycles. The van der Waals surface area contributed by atoms with Crippen molar-refractivity contribution in [2.75, 3.05) is 4.90 Å². The van der Waals surface area contributed by atoms with Crippen LogP contribution in [0.5, 0.6) is 0 Å². The van der Waals surface area contributed by atoms with Crippen molar-refractivity contribution in [3.8, 4) is 0 Å². The third-order valence-electron chi connectivity index (χ3n) is 3.53. The first-order chi connectivity index (χ1) is 9.04. The number of hydrogen-bond acceptors (Lipinski definition) is 2. The highest BCUT2D eigenvalue weighted by atomic mass is 35.5. The van der Waals surface area contributed by atoms with Gasteiger partial charge in [0.05, 0.1) is 22.2 Å². The number of carbonyl (C=O) groups excluding carboxylic acids is 1. The molecule has 19 heavy (non-hydrogen) atoms. The minimum absolute atomic E-state index is 0.00987. The fraction of sp³-hybridized carbons (Fsp3) is 0.500. The Hall–Kier alpha value is -0.770. The van der Waals surface area contributed by atoms with Gasteiger partial charge in [-0.15, -0.1) is 0 Å². The Bertz CT molecular complexity index is 479. The maximum atomic E-state index is 12.2. The van der Waals surface area contributed by atoms with Crippen LogP contribution in [0.2, 0.25) is 10.0 Å². The molecular formula is C14H17Cl2NO2. The number of anilines is 1. The quantitative estimate of drug-likeness (QED) is 0.926. The summed E-state index contributed by atoms with van der Waals surface area (Å²) in [7, 11) is 0. The van der Waals surface area contributed by atoms with Crippen LogP contribution in [0.3, 0.4) is 0 Å². The zero-order valence-corrected chi connectivity index (χ0v) is 12.3. The third-order valence-corrected chi connectivity index (χ3v) is 4.27. The smallest absolute Gasteiger partial charge is 0.227 e. The number of aliphatic hydroxyl groups is 1. The Balaban J connectivity index is 2.36. The molecule has 1 fully saturated rings. The van der Waals surface area contributed by atoms with Gasteiger partial charge in [-0.2, -0.15) is 0 Å². The van der Waals surface area contributed by atoms with Crippen LogP contribution in [0, 0.1) is 0 Å². The Morgan fingerprint density at radius 1 is 1.37 bits per heavy atom. The summed E-state index contributed by atoms with van der Waals surface area (Å²) in [4.78, 5) is 13.8. The summed E-state index contributed by atoms with van der Waals surface area (Å²) in [5.41, 5.74) is 0.701. The second kappa shape index (κ2) is 6.12. The first-order valence-corrected chi connectivity index (χ1v) is 7.25. The van der Waals surface area contributed by atoms with Crippen molar-refractivity contribution in [1.29, 1.82) is 0 Å². The van der Waals surface area contributed by atoms with Gasteiger partial charge in [0, 0.05) is 12.1 Å². The average Bonchev–Trinajstić information content (AvgIpc) is 2.80. The van der Waals surface area contributed by atoms with Crippen LogP contribution in [0.25, 0.3) is 0 Å². The summed E-state index contributed by atoms with van der Waals surface area (Å²) in [5, 5.41) is 10.9. The molecule has 0 spiro atoms. The van der Waals surface area contributed by atoms with Gasteiger partial charge in [0.25, 0.3) is 0 Å². The number of halogens is 2. The highest BCUT2D eigenvalue weighted by molar-refractivity contribution is 6.42. The lowest BCUT2D eigenvalue weighted by Gasteiger charge is -2.31. The van der Waals surface area contributed by atoms with E-state index in [1.165, 1.54) is 0 Å². The van der Waals surface area contributed by atoms with Crippen LogP contribution >= 0.6 is 23.2 Å². The summed E-state index contributed by atoms with van der Waals surface area (Å²) < 4.78 is 0. The maximum absolute atomic E-state index is 12.2. The van der Waals surface area contributed by atoms with Gasteiger partial charge in [-0.1, -0.05) is 30.1 Å². The minimum atomic E-state index is -0.468. The van der Waals surface area contributed by atoms with E-state index < -0.39 is 6.10 Å². The lowest BCUT2D eigenvalue weighted by atomic mass is 10.1. The predicted molar refractivity (Wildman–Crippen MR) is 77.9 cm³/mol. The maximum Gasteiger partial charge on any atom is 0.227 e. The molecule has 5 heteroatoms. The van der Waals surface area contributed by atoms with Crippen molar-refractivity contribution >= 4 is 34.8 Å². The van der Waals surface area contributed by atoms with Gasteiger partial charge in [-0.3, -0.25) is 4.79 Å². The zero-order chi connectivity index (χ0) is 14.0. The molecule has 1 aliphatic rings. The molecule has 3 nitrogen and oxygen atoms in total. The Kier molecular flexibility index (Phi) is 4.71. The van der Waals surface area contributed by atoms with Crippen molar-refractivity contribution in [3.63, 3.8) is 0 Å². The van der Waals surface area contributed by atoms with Crippen LogP contribution in [0.15, 0.2) is 18.2 Å². The van der Waals surface area contributed by atoms with Crippen molar-refractivity contribution in [2.45, 2.75) is 44.8 Å². The van der Waals surface area contributed by atoms with E-state index in [9.17, 15) is 9.90 Å². The first-order valence-electron chi connectivity index (χ1n) is 6.49. The largest absolute Gasteiger partial charge is 0.391 e. The van der Waals surface area contributed by atoms with Crippen LogP contribution in [-0.2, 0) is 4.79 Å². The standard InChI is InChI=1S/C14H17Cl2NO2/c1-2-14(19)17(12-4-3-5-13(12)18)9-6-7-10(15)11(16)8-9/h6-8,12-13,18H,2-5H2,1H3/t12-,13-/m1/s1. The molecule has 1 aromatic rings. The van der Waals surface area contributed by atoms with Crippen LogP contribution in [0.1, 0.15) is 32.6 Å². The molecule has 1 N–H and O–H groups in total. The molecule has 2 rings (SSSR count). The number of aliphatic hydroxyl groups excluding tert-OH is 1. The summed E-state index contributed by atoms with van der Waals surface area (Å²) in [6.07, 6.45) is 2.40. The van der Waals surface area contributed by atoms with Crippen molar-refractivity contribution < 1.29 is 9.90 Å². The first kappa shape index (κ1) is 14.6. The third kappa shape index (κ3) is 3.04. The van der Waals surface area contributed by atoms with Gasteiger partial charge in [0.1, 0.15) is 0 Å². The molecule has 0 unspecified atom stereocenters. The van der Waals surface area contributed by atoms with E-state index in [0.29, 0.717) is 22.2 Å². The Morgan fingerprint density at radius 2 is 2.11 bits per heavy atom. The molecule has 0 aromatic heterocycles. The fourth-order valence-electron chi connectivity index (χ4n) is 2.55. The summed E-state index contributed by atoms with van der Waals surface area (Å²) in [6, 6.07) is 4.97. The number of hydrogen-bond donors (Lipinski definition) is 1. The number of carbonyl (C=O) groups is 1. The van der Waals surface area contributed by atoms with Gasteiger partial charge < -0.3 is 10.0 Å². The second-order valence-corrected chi connectivity index (χ2v) is 5.60. The molecule has 104 valence electrons. The summed E-state index contributed by atoms with van der Waals surface area (Å²) in [6.45, 7) is 1.81. The molecule has 0 radical (unpaired) electrons. The number of rotatable bonds is 3. The van der Waals surface area contributed by atoms with Gasteiger partial charge >= 0.3 is 0 Å². The number of benzene rings is 1. The molecule has 2 atom stereocenters. The zero-order valence-electron chi connectivity index (χ0n) is 10.8.